The molecule has 1 aromatic heterocycles. The molecule has 9 heteroatoms. The van der Waals surface area contributed by atoms with Gasteiger partial charge in [-0.2, -0.15) is 0 Å². The molecule has 0 bridgehead atoms. The minimum absolute atomic E-state index is 0.0106. The average Bonchev–Trinajstić information content (AvgIpc) is 2.95. The number of hydrogen-bond donors (Lipinski definition) is 3. The van der Waals surface area contributed by atoms with Crippen LogP contribution in [-0.2, 0) is 0 Å². The van der Waals surface area contributed by atoms with Crippen molar-refractivity contribution in [1.82, 2.24) is 4.37 Å². The van der Waals surface area contributed by atoms with E-state index in [1.807, 2.05) is 26.0 Å². The number of ether oxygens (including phenoxy) is 1. The SMILES string of the molecule is CC(C)N=C(N)c1c(Nc2ccc(Oc3cc(Cl)cc(Cl)c3)cc2)s[nH]c1=O. The predicted molar refractivity (Wildman–Crippen MR) is 117 cm³/mol. The maximum absolute atomic E-state index is 12.1. The maximum Gasteiger partial charge on any atom is 0.271 e. The summed E-state index contributed by atoms with van der Waals surface area (Å²) < 4.78 is 8.45. The number of hydrogen-bond acceptors (Lipinski definition) is 5. The lowest BCUT2D eigenvalue weighted by molar-refractivity contribution is 0.483. The van der Waals surface area contributed by atoms with Gasteiger partial charge in [-0.25, -0.2) is 0 Å². The highest BCUT2D eigenvalue weighted by Gasteiger charge is 2.15. The van der Waals surface area contributed by atoms with Crippen molar-refractivity contribution in [1.29, 1.82) is 0 Å². The topological polar surface area (TPSA) is 92.5 Å². The van der Waals surface area contributed by atoms with E-state index in [1.54, 1.807) is 30.3 Å². The Labute approximate surface area is 176 Å². The van der Waals surface area contributed by atoms with Gasteiger partial charge in [0.25, 0.3) is 5.56 Å². The standard InChI is InChI=1S/C19H18Cl2N4O2S/c1-10(2)23-17(22)16-18(26)25-28-19(16)24-13-3-5-14(6-4-13)27-15-8-11(20)7-12(21)9-15/h3-10,24H,1-2H3,(H2,22,23)(H,25,26). The summed E-state index contributed by atoms with van der Waals surface area (Å²) in [4.78, 5) is 16.3. The molecule has 0 fully saturated rings. The molecule has 0 amide bonds. The monoisotopic (exact) mass is 436 g/mol. The number of benzene rings is 2. The first-order valence-electron chi connectivity index (χ1n) is 8.38. The first kappa shape index (κ1) is 20.3. The fourth-order valence-corrected chi connectivity index (χ4v) is 3.70. The van der Waals surface area contributed by atoms with Crippen LogP contribution in [0.1, 0.15) is 19.4 Å². The lowest BCUT2D eigenvalue weighted by Crippen LogP contribution is -2.23. The second-order valence-corrected chi connectivity index (χ2v) is 7.89. The van der Waals surface area contributed by atoms with E-state index in [0.717, 1.165) is 5.69 Å². The normalized spacial score (nSPS) is 11.7. The van der Waals surface area contributed by atoms with Gasteiger partial charge in [-0.3, -0.25) is 14.2 Å². The van der Waals surface area contributed by atoms with Crippen LogP contribution in [-0.4, -0.2) is 16.3 Å². The number of H-pyrrole nitrogens is 1. The highest BCUT2D eigenvalue weighted by atomic mass is 35.5. The van der Waals surface area contributed by atoms with Crippen molar-refractivity contribution in [2.75, 3.05) is 5.32 Å². The number of rotatable bonds is 6. The number of nitrogens with two attached hydrogens (primary N) is 1. The van der Waals surface area contributed by atoms with Crippen molar-refractivity contribution in [2.24, 2.45) is 10.7 Å². The van der Waals surface area contributed by atoms with E-state index in [-0.39, 0.29) is 17.4 Å². The molecular formula is C19H18Cl2N4O2S. The number of aromatic nitrogens is 1. The quantitative estimate of drug-likeness (QED) is 0.356. The Kier molecular flexibility index (Phi) is 6.28. The summed E-state index contributed by atoms with van der Waals surface area (Å²) in [5, 5.41) is 4.78. The van der Waals surface area contributed by atoms with Crippen molar-refractivity contribution in [3.8, 4) is 11.5 Å². The van der Waals surface area contributed by atoms with Gasteiger partial charge in [-0.15, -0.1) is 0 Å². The lowest BCUT2D eigenvalue weighted by atomic mass is 10.2. The second-order valence-electron chi connectivity index (χ2n) is 6.20. The van der Waals surface area contributed by atoms with E-state index in [4.69, 9.17) is 33.7 Å². The van der Waals surface area contributed by atoms with Gasteiger partial charge in [0.05, 0.1) is 0 Å². The molecule has 4 N–H and O–H groups in total. The maximum atomic E-state index is 12.1. The number of aliphatic imine (C=N–C) groups is 1. The first-order valence-corrected chi connectivity index (χ1v) is 9.95. The van der Waals surface area contributed by atoms with Crippen LogP contribution in [0, 0.1) is 0 Å². The molecule has 0 aliphatic heterocycles. The van der Waals surface area contributed by atoms with Crippen LogP contribution in [0.2, 0.25) is 10.0 Å². The van der Waals surface area contributed by atoms with Gasteiger partial charge < -0.3 is 15.8 Å². The van der Waals surface area contributed by atoms with Gasteiger partial charge >= 0.3 is 0 Å². The predicted octanol–water partition coefficient (Wildman–Crippen LogP) is 5.39. The van der Waals surface area contributed by atoms with Gasteiger partial charge in [0.2, 0.25) is 0 Å². The Hall–Kier alpha value is -2.48. The zero-order valence-electron chi connectivity index (χ0n) is 15.1. The Balaban J connectivity index is 1.77. The highest BCUT2D eigenvalue weighted by Crippen LogP contribution is 2.30. The van der Waals surface area contributed by atoms with Crippen molar-refractivity contribution in [3.63, 3.8) is 0 Å². The third-order valence-electron chi connectivity index (χ3n) is 3.54. The van der Waals surface area contributed by atoms with Gasteiger partial charge in [-0.05, 0) is 67.8 Å². The largest absolute Gasteiger partial charge is 0.457 e. The number of nitrogens with zero attached hydrogens (tertiary/aromatic N) is 1. The smallest absolute Gasteiger partial charge is 0.271 e. The molecule has 3 rings (SSSR count). The van der Waals surface area contributed by atoms with Crippen LogP contribution in [0.3, 0.4) is 0 Å². The summed E-state index contributed by atoms with van der Waals surface area (Å²) in [6, 6.07) is 12.2. The Bertz CT molecular complexity index is 1040. The van der Waals surface area contributed by atoms with Gasteiger partial charge in [0, 0.05) is 21.8 Å². The van der Waals surface area contributed by atoms with Crippen LogP contribution < -0.4 is 21.3 Å². The van der Waals surface area contributed by atoms with Crippen molar-refractivity contribution < 1.29 is 4.74 Å². The van der Waals surface area contributed by atoms with Crippen molar-refractivity contribution in [3.05, 3.63) is 68.4 Å². The molecule has 3 aromatic rings. The summed E-state index contributed by atoms with van der Waals surface area (Å²) in [6.07, 6.45) is 0. The summed E-state index contributed by atoms with van der Waals surface area (Å²) in [5.74, 6) is 1.37. The molecule has 0 aliphatic carbocycles. The fraction of sp³-hybridized carbons (Fsp3) is 0.158. The van der Waals surface area contributed by atoms with Crippen LogP contribution in [0.5, 0.6) is 11.5 Å². The number of anilines is 2. The highest BCUT2D eigenvalue weighted by molar-refractivity contribution is 7.10. The molecule has 2 aromatic carbocycles. The van der Waals surface area contributed by atoms with Crippen molar-refractivity contribution >= 4 is 51.3 Å². The number of amidine groups is 1. The molecular weight excluding hydrogens is 419 g/mol. The van der Waals surface area contributed by atoms with Crippen molar-refractivity contribution in [2.45, 2.75) is 19.9 Å². The van der Waals surface area contributed by atoms with E-state index >= 15 is 0 Å². The van der Waals surface area contributed by atoms with E-state index in [0.29, 0.717) is 32.1 Å². The number of aromatic amines is 1. The zero-order chi connectivity index (χ0) is 20.3. The summed E-state index contributed by atoms with van der Waals surface area (Å²) in [7, 11) is 0. The molecule has 0 unspecified atom stereocenters. The summed E-state index contributed by atoms with van der Waals surface area (Å²) in [5.41, 5.74) is 6.82. The molecule has 6 nitrogen and oxygen atoms in total. The van der Waals surface area contributed by atoms with Crippen LogP contribution in [0.25, 0.3) is 0 Å². The third kappa shape index (κ3) is 5.07. The Morgan fingerprint density at radius 3 is 2.39 bits per heavy atom. The lowest BCUT2D eigenvalue weighted by Gasteiger charge is -2.09. The fourth-order valence-electron chi connectivity index (χ4n) is 2.43. The van der Waals surface area contributed by atoms with Crippen LogP contribution in [0.4, 0.5) is 10.7 Å². The van der Waals surface area contributed by atoms with E-state index in [9.17, 15) is 4.79 Å². The molecule has 146 valence electrons. The van der Waals surface area contributed by atoms with Crippen LogP contribution >= 0.6 is 34.7 Å². The average molecular weight is 437 g/mol. The number of halogens is 2. The molecule has 1 heterocycles. The first-order chi connectivity index (χ1) is 13.3. The summed E-state index contributed by atoms with van der Waals surface area (Å²) in [6.45, 7) is 3.79. The molecule has 0 aliphatic rings. The van der Waals surface area contributed by atoms with Gasteiger partial charge in [0.1, 0.15) is 27.9 Å². The molecule has 0 saturated heterocycles. The molecule has 0 saturated carbocycles. The van der Waals surface area contributed by atoms with E-state index < -0.39 is 0 Å². The second kappa shape index (κ2) is 8.68. The molecule has 28 heavy (non-hydrogen) atoms. The molecule has 0 atom stereocenters. The van der Waals surface area contributed by atoms with Gasteiger partial charge in [0.15, 0.2) is 0 Å². The minimum Gasteiger partial charge on any atom is -0.457 e. The zero-order valence-corrected chi connectivity index (χ0v) is 17.5. The Morgan fingerprint density at radius 2 is 1.79 bits per heavy atom. The Morgan fingerprint density at radius 1 is 1.14 bits per heavy atom. The van der Waals surface area contributed by atoms with Crippen LogP contribution in [0.15, 0.2) is 52.3 Å². The minimum atomic E-state index is -0.271. The molecule has 0 spiro atoms. The van der Waals surface area contributed by atoms with Gasteiger partial charge in [-0.1, -0.05) is 23.2 Å². The summed E-state index contributed by atoms with van der Waals surface area (Å²) >= 11 is 13.1. The van der Waals surface area contributed by atoms with E-state index in [2.05, 4.69) is 14.7 Å². The van der Waals surface area contributed by atoms with E-state index in [1.165, 1.54) is 11.5 Å². The molecule has 0 radical (unpaired) electrons. The third-order valence-corrected chi connectivity index (χ3v) is 4.77. The number of nitrogens with one attached hydrogen (secondary N) is 2.